The number of sulfonamides is 1. The average Bonchev–Trinajstić information content (AvgIpc) is 3.14. The maximum Gasteiger partial charge on any atom is 0.233 e. The summed E-state index contributed by atoms with van der Waals surface area (Å²) in [6.07, 6.45) is 5.93. The fourth-order valence-corrected chi connectivity index (χ4v) is 3.44. The van der Waals surface area contributed by atoms with E-state index in [0.29, 0.717) is 19.5 Å². The van der Waals surface area contributed by atoms with E-state index in [1.165, 1.54) is 5.41 Å². The van der Waals surface area contributed by atoms with Crippen LogP contribution in [0.5, 0.6) is 0 Å². The lowest BCUT2D eigenvalue weighted by atomic mass is 10.2. The number of aromatic nitrogens is 2. The van der Waals surface area contributed by atoms with Gasteiger partial charge in [0, 0.05) is 36.5 Å². The van der Waals surface area contributed by atoms with Crippen LogP contribution in [0.2, 0.25) is 0 Å². The molecule has 0 aliphatic carbocycles. The molecule has 26 heavy (non-hydrogen) atoms. The molecular formula is C20H21N3O2S. The van der Waals surface area contributed by atoms with E-state index in [1.807, 2.05) is 71.4 Å². The van der Waals surface area contributed by atoms with Crippen LogP contribution in [0, 0.1) is 0 Å². The van der Waals surface area contributed by atoms with Gasteiger partial charge in [0.25, 0.3) is 0 Å². The third-order valence-electron chi connectivity index (χ3n) is 3.87. The van der Waals surface area contributed by atoms with E-state index in [9.17, 15) is 8.42 Å². The van der Waals surface area contributed by atoms with Crippen molar-refractivity contribution in [1.29, 1.82) is 0 Å². The molecule has 6 heteroatoms. The van der Waals surface area contributed by atoms with E-state index in [4.69, 9.17) is 0 Å². The predicted octanol–water partition coefficient (Wildman–Crippen LogP) is 3.53. The molecule has 0 atom stereocenters. The van der Waals surface area contributed by atoms with Crippen LogP contribution in [0.1, 0.15) is 12.0 Å². The van der Waals surface area contributed by atoms with Gasteiger partial charge in [-0.05, 0) is 18.1 Å². The minimum absolute atomic E-state index is 0.369. The monoisotopic (exact) mass is 367 g/mol. The maximum absolute atomic E-state index is 12.0. The summed E-state index contributed by atoms with van der Waals surface area (Å²) in [6, 6.07) is 19.3. The molecule has 0 saturated heterocycles. The van der Waals surface area contributed by atoms with Gasteiger partial charge in [0.2, 0.25) is 10.0 Å². The summed E-state index contributed by atoms with van der Waals surface area (Å²) < 4.78 is 28.7. The molecule has 1 heterocycles. The number of imidazole rings is 1. The zero-order valence-corrected chi connectivity index (χ0v) is 15.1. The summed E-state index contributed by atoms with van der Waals surface area (Å²) >= 11 is 0. The summed E-state index contributed by atoms with van der Waals surface area (Å²) in [6.45, 7) is 1.06. The Bertz CT molecular complexity index is 949. The van der Waals surface area contributed by atoms with E-state index in [-0.39, 0.29) is 0 Å². The van der Waals surface area contributed by atoms with Crippen molar-refractivity contribution in [1.82, 2.24) is 14.3 Å². The van der Waals surface area contributed by atoms with Gasteiger partial charge in [0.05, 0.1) is 0 Å². The lowest BCUT2D eigenvalue weighted by Gasteiger charge is -2.08. The number of aryl methyl sites for hydroxylation is 1. The molecule has 0 radical (unpaired) electrons. The summed E-state index contributed by atoms with van der Waals surface area (Å²) in [7, 11) is -3.44. The first-order chi connectivity index (χ1) is 12.6. The van der Waals surface area contributed by atoms with E-state index in [2.05, 4.69) is 9.71 Å². The molecule has 134 valence electrons. The Balaban J connectivity index is 1.52. The number of hydrogen-bond acceptors (Lipinski definition) is 3. The van der Waals surface area contributed by atoms with Gasteiger partial charge in [-0.15, -0.1) is 0 Å². The van der Waals surface area contributed by atoms with Gasteiger partial charge < -0.3 is 4.57 Å². The third kappa shape index (κ3) is 5.15. The minimum atomic E-state index is -3.44. The first-order valence-corrected chi connectivity index (χ1v) is 9.98. The van der Waals surface area contributed by atoms with Gasteiger partial charge in [-0.2, -0.15) is 0 Å². The molecule has 0 spiro atoms. The van der Waals surface area contributed by atoms with Crippen LogP contribution in [0.4, 0.5) is 0 Å². The van der Waals surface area contributed by atoms with Crippen LogP contribution in [-0.4, -0.2) is 24.5 Å². The zero-order chi connectivity index (χ0) is 18.2. The Hall–Kier alpha value is -2.70. The first-order valence-electron chi connectivity index (χ1n) is 8.43. The lowest BCUT2D eigenvalue weighted by Crippen LogP contribution is -2.23. The smallest absolute Gasteiger partial charge is 0.233 e. The second-order valence-corrected chi connectivity index (χ2v) is 7.47. The lowest BCUT2D eigenvalue weighted by molar-refractivity contribution is 0.579. The van der Waals surface area contributed by atoms with E-state index < -0.39 is 10.0 Å². The fraction of sp³-hybridized carbons (Fsp3) is 0.150. The number of nitrogens with zero attached hydrogens (tertiary/aromatic N) is 2. The molecule has 0 amide bonds. The summed E-state index contributed by atoms with van der Waals surface area (Å²) in [5.74, 6) is 0.887. The van der Waals surface area contributed by atoms with Crippen LogP contribution in [-0.2, 0) is 16.6 Å². The number of benzene rings is 2. The Kier molecular flexibility index (Phi) is 5.99. The highest BCUT2D eigenvalue weighted by atomic mass is 32.2. The Morgan fingerprint density at radius 3 is 2.42 bits per heavy atom. The minimum Gasteiger partial charge on any atom is -0.331 e. The van der Waals surface area contributed by atoms with Gasteiger partial charge in [-0.25, -0.2) is 18.1 Å². The van der Waals surface area contributed by atoms with Crippen molar-refractivity contribution >= 4 is 16.1 Å². The van der Waals surface area contributed by atoms with Crippen molar-refractivity contribution in [3.8, 4) is 11.4 Å². The average molecular weight is 367 g/mol. The first kappa shape index (κ1) is 18.1. The van der Waals surface area contributed by atoms with Crippen molar-refractivity contribution in [3.05, 3.63) is 84.0 Å². The van der Waals surface area contributed by atoms with Crippen LogP contribution in [0.25, 0.3) is 17.5 Å². The standard InChI is InChI=1S/C20H21N3O2S/c24-26(25,17-12-18-8-3-1-4-9-18)22-13-7-15-23-16-14-21-20(23)19-10-5-2-6-11-19/h1-6,8-12,14,16-17,22H,7,13,15H2/b17-12+. The number of nitrogens with one attached hydrogen (secondary N) is 1. The SMILES string of the molecule is O=S(=O)(/C=C/c1ccccc1)NCCCn1ccnc1-c1ccccc1. The van der Waals surface area contributed by atoms with Gasteiger partial charge >= 0.3 is 0 Å². The molecule has 0 saturated carbocycles. The number of rotatable bonds is 8. The Labute approximate surface area is 154 Å². The molecule has 3 rings (SSSR count). The molecule has 0 bridgehead atoms. The van der Waals surface area contributed by atoms with Gasteiger partial charge in [-0.3, -0.25) is 0 Å². The van der Waals surface area contributed by atoms with Crippen LogP contribution in [0.15, 0.2) is 78.5 Å². The molecule has 0 aliphatic heterocycles. The van der Waals surface area contributed by atoms with Gasteiger partial charge in [0.15, 0.2) is 0 Å². The molecule has 0 fully saturated rings. The quantitative estimate of drug-likeness (QED) is 0.620. The van der Waals surface area contributed by atoms with E-state index in [0.717, 1.165) is 17.0 Å². The van der Waals surface area contributed by atoms with E-state index in [1.54, 1.807) is 12.3 Å². The third-order valence-corrected chi connectivity index (χ3v) is 4.97. The fourth-order valence-electron chi connectivity index (χ4n) is 2.58. The molecule has 1 aromatic heterocycles. The van der Waals surface area contributed by atoms with Crippen molar-refractivity contribution in [2.45, 2.75) is 13.0 Å². The Morgan fingerprint density at radius 2 is 1.69 bits per heavy atom. The van der Waals surface area contributed by atoms with Crippen LogP contribution < -0.4 is 4.72 Å². The summed E-state index contributed by atoms with van der Waals surface area (Å²) in [4.78, 5) is 4.39. The topological polar surface area (TPSA) is 64.0 Å². The maximum atomic E-state index is 12.0. The summed E-state index contributed by atoms with van der Waals surface area (Å²) in [5.41, 5.74) is 1.90. The molecule has 5 nitrogen and oxygen atoms in total. The van der Waals surface area contributed by atoms with Crippen LogP contribution >= 0.6 is 0 Å². The molecule has 3 aromatic rings. The molecular weight excluding hydrogens is 346 g/mol. The molecule has 1 N–H and O–H groups in total. The Morgan fingerprint density at radius 1 is 1.00 bits per heavy atom. The highest BCUT2D eigenvalue weighted by molar-refractivity contribution is 7.92. The van der Waals surface area contributed by atoms with E-state index >= 15 is 0 Å². The van der Waals surface area contributed by atoms with Crippen LogP contribution in [0.3, 0.4) is 0 Å². The van der Waals surface area contributed by atoms with Gasteiger partial charge in [0.1, 0.15) is 5.82 Å². The second kappa shape index (κ2) is 8.60. The van der Waals surface area contributed by atoms with Crippen molar-refractivity contribution in [3.63, 3.8) is 0 Å². The van der Waals surface area contributed by atoms with Crippen molar-refractivity contribution in [2.24, 2.45) is 0 Å². The zero-order valence-electron chi connectivity index (χ0n) is 14.3. The molecule has 0 aliphatic rings. The van der Waals surface area contributed by atoms with Crippen molar-refractivity contribution < 1.29 is 8.42 Å². The summed E-state index contributed by atoms with van der Waals surface area (Å²) in [5, 5.41) is 1.20. The second-order valence-electron chi connectivity index (χ2n) is 5.82. The molecule has 0 unspecified atom stereocenters. The number of hydrogen-bond donors (Lipinski definition) is 1. The highest BCUT2D eigenvalue weighted by Gasteiger charge is 2.07. The highest BCUT2D eigenvalue weighted by Crippen LogP contribution is 2.16. The normalized spacial score (nSPS) is 11.8. The van der Waals surface area contributed by atoms with Crippen molar-refractivity contribution in [2.75, 3.05) is 6.54 Å². The van der Waals surface area contributed by atoms with Gasteiger partial charge in [-0.1, -0.05) is 60.7 Å². The largest absolute Gasteiger partial charge is 0.331 e. The molecule has 2 aromatic carbocycles. The predicted molar refractivity (Wildman–Crippen MR) is 105 cm³/mol.